The molecule has 1 fully saturated rings. The van der Waals surface area contributed by atoms with Gasteiger partial charge in [0.1, 0.15) is 0 Å². The minimum atomic E-state index is -1.09. The molecule has 0 radical (unpaired) electrons. The Kier molecular flexibility index (Phi) is 3.52. The molecule has 2 amide bonds. The minimum Gasteiger partial charge on any atom is -0.465 e. The van der Waals surface area contributed by atoms with Crippen molar-refractivity contribution in [1.82, 2.24) is 16.0 Å². The van der Waals surface area contributed by atoms with Gasteiger partial charge in [-0.1, -0.05) is 0 Å². The summed E-state index contributed by atoms with van der Waals surface area (Å²) < 4.78 is 0. The van der Waals surface area contributed by atoms with Crippen LogP contribution in [0.1, 0.15) is 6.42 Å². The zero-order valence-electron chi connectivity index (χ0n) is 7.49. The second kappa shape index (κ2) is 4.66. The molecular weight excluding hydrogens is 190 g/mol. The van der Waals surface area contributed by atoms with Gasteiger partial charge < -0.3 is 26.2 Å². The SMILES string of the molecule is O=C(O)N[C@@H]1CNC[C@H](NC(=O)O)C1. The van der Waals surface area contributed by atoms with E-state index in [0.717, 1.165) is 0 Å². The van der Waals surface area contributed by atoms with Gasteiger partial charge in [0.25, 0.3) is 0 Å². The van der Waals surface area contributed by atoms with Crippen LogP contribution in [-0.2, 0) is 0 Å². The van der Waals surface area contributed by atoms with E-state index >= 15 is 0 Å². The summed E-state index contributed by atoms with van der Waals surface area (Å²) in [7, 11) is 0. The van der Waals surface area contributed by atoms with Crippen molar-refractivity contribution in [1.29, 1.82) is 0 Å². The smallest absolute Gasteiger partial charge is 0.404 e. The summed E-state index contributed by atoms with van der Waals surface area (Å²) in [4.78, 5) is 20.6. The number of piperidine rings is 1. The van der Waals surface area contributed by atoms with Gasteiger partial charge in [-0.3, -0.25) is 0 Å². The fourth-order valence-corrected chi connectivity index (χ4v) is 1.51. The van der Waals surface area contributed by atoms with Crippen LogP contribution in [0, 0.1) is 0 Å². The summed E-state index contributed by atoms with van der Waals surface area (Å²) in [6.07, 6.45) is -1.70. The average Bonchev–Trinajstić information content (AvgIpc) is 2.01. The second-order valence-corrected chi connectivity index (χ2v) is 3.19. The van der Waals surface area contributed by atoms with Crippen LogP contribution in [0.3, 0.4) is 0 Å². The highest BCUT2D eigenvalue weighted by atomic mass is 16.4. The van der Waals surface area contributed by atoms with E-state index in [4.69, 9.17) is 10.2 Å². The molecule has 0 aliphatic carbocycles. The number of carboxylic acid groups (broad SMARTS) is 2. The van der Waals surface area contributed by atoms with Crippen molar-refractivity contribution in [3.05, 3.63) is 0 Å². The third kappa shape index (κ3) is 3.48. The van der Waals surface area contributed by atoms with Crippen LogP contribution < -0.4 is 16.0 Å². The van der Waals surface area contributed by atoms with Gasteiger partial charge in [-0.2, -0.15) is 0 Å². The lowest BCUT2D eigenvalue weighted by Crippen LogP contribution is -2.55. The molecule has 80 valence electrons. The maximum absolute atomic E-state index is 10.3. The summed E-state index contributed by atoms with van der Waals surface area (Å²) >= 11 is 0. The quantitative estimate of drug-likeness (QED) is 0.405. The summed E-state index contributed by atoms with van der Waals surface area (Å²) in [6.45, 7) is 1.06. The molecule has 1 heterocycles. The van der Waals surface area contributed by atoms with Gasteiger partial charge in [-0.15, -0.1) is 0 Å². The van der Waals surface area contributed by atoms with Crippen molar-refractivity contribution in [2.75, 3.05) is 13.1 Å². The highest BCUT2D eigenvalue weighted by Gasteiger charge is 2.23. The Bertz CT molecular complexity index is 211. The van der Waals surface area contributed by atoms with Gasteiger partial charge in [0.15, 0.2) is 0 Å². The Hall–Kier alpha value is -1.50. The standard InChI is InChI=1S/C7H13N3O4/c11-6(12)9-4-1-5(3-8-2-4)10-7(13)14/h4-5,8-10H,1-3H2,(H,11,12)(H,13,14)/t4-,5+. The fraction of sp³-hybridized carbons (Fsp3) is 0.714. The first-order valence-corrected chi connectivity index (χ1v) is 4.27. The number of amides is 2. The van der Waals surface area contributed by atoms with E-state index in [2.05, 4.69) is 16.0 Å². The number of rotatable bonds is 2. The monoisotopic (exact) mass is 203 g/mol. The highest BCUT2D eigenvalue weighted by Crippen LogP contribution is 2.02. The topological polar surface area (TPSA) is 111 Å². The summed E-state index contributed by atoms with van der Waals surface area (Å²) in [5, 5.41) is 24.5. The van der Waals surface area contributed by atoms with Crippen molar-refractivity contribution in [3.8, 4) is 0 Å². The number of hydrogen-bond acceptors (Lipinski definition) is 3. The molecule has 1 aliphatic rings. The first-order valence-electron chi connectivity index (χ1n) is 4.27. The van der Waals surface area contributed by atoms with Crippen LogP contribution in [0.15, 0.2) is 0 Å². The van der Waals surface area contributed by atoms with Crippen molar-refractivity contribution < 1.29 is 19.8 Å². The Balaban J connectivity index is 2.35. The molecule has 0 unspecified atom stereocenters. The molecule has 0 saturated carbocycles. The van der Waals surface area contributed by atoms with E-state index < -0.39 is 12.2 Å². The predicted octanol–water partition coefficient (Wildman–Crippen LogP) is -0.748. The first kappa shape index (κ1) is 10.6. The molecule has 1 rings (SSSR count). The Morgan fingerprint density at radius 2 is 1.50 bits per heavy atom. The summed E-state index contributed by atoms with van der Waals surface area (Å²) in [5.41, 5.74) is 0. The van der Waals surface area contributed by atoms with Crippen molar-refractivity contribution in [3.63, 3.8) is 0 Å². The molecule has 14 heavy (non-hydrogen) atoms. The molecular formula is C7H13N3O4. The zero-order valence-corrected chi connectivity index (χ0v) is 7.49. The van der Waals surface area contributed by atoms with E-state index in [1.807, 2.05) is 0 Å². The van der Waals surface area contributed by atoms with Gasteiger partial charge in [0.05, 0.1) is 0 Å². The van der Waals surface area contributed by atoms with Gasteiger partial charge in [0.2, 0.25) is 0 Å². The third-order valence-corrected chi connectivity index (χ3v) is 2.01. The Morgan fingerprint density at radius 3 is 1.86 bits per heavy atom. The van der Waals surface area contributed by atoms with Crippen LogP contribution in [0.2, 0.25) is 0 Å². The predicted molar refractivity (Wildman–Crippen MR) is 47.4 cm³/mol. The molecule has 0 aromatic heterocycles. The number of nitrogens with one attached hydrogen (secondary N) is 3. The lowest BCUT2D eigenvalue weighted by molar-refractivity contribution is 0.178. The molecule has 0 spiro atoms. The fourth-order valence-electron chi connectivity index (χ4n) is 1.51. The van der Waals surface area contributed by atoms with Crippen LogP contribution >= 0.6 is 0 Å². The number of carbonyl (C=O) groups is 2. The Labute approximate surface area is 80.5 Å². The van der Waals surface area contributed by atoms with Crippen LogP contribution in [0.4, 0.5) is 9.59 Å². The van der Waals surface area contributed by atoms with Crippen LogP contribution in [0.25, 0.3) is 0 Å². The summed E-state index contributed by atoms with van der Waals surface area (Å²) in [5.74, 6) is 0. The van der Waals surface area contributed by atoms with E-state index in [-0.39, 0.29) is 12.1 Å². The molecule has 7 nitrogen and oxygen atoms in total. The molecule has 2 atom stereocenters. The minimum absolute atomic E-state index is 0.238. The van der Waals surface area contributed by atoms with E-state index in [1.54, 1.807) is 0 Å². The van der Waals surface area contributed by atoms with Gasteiger partial charge >= 0.3 is 12.2 Å². The maximum Gasteiger partial charge on any atom is 0.404 e. The zero-order chi connectivity index (χ0) is 10.6. The summed E-state index contributed by atoms with van der Waals surface area (Å²) in [6, 6.07) is -0.476. The Morgan fingerprint density at radius 1 is 1.07 bits per heavy atom. The molecule has 1 saturated heterocycles. The molecule has 5 N–H and O–H groups in total. The highest BCUT2D eigenvalue weighted by molar-refractivity contribution is 5.65. The first-order chi connectivity index (χ1) is 6.58. The maximum atomic E-state index is 10.3. The van der Waals surface area contributed by atoms with Crippen molar-refractivity contribution in [2.24, 2.45) is 0 Å². The molecule has 0 aromatic rings. The number of hydrogen-bond donors (Lipinski definition) is 5. The van der Waals surface area contributed by atoms with Gasteiger partial charge in [-0.25, -0.2) is 9.59 Å². The molecule has 0 bridgehead atoms. The molecule has 7 heteroatoms. The second-order valence-electron chi connectivity index (χ2n) is 3.19. The van der Waals surface area contributed by atoms with Crippen molar-refractivity contribution >= 4 is 12.2 Å². The lowest BCUT2D eigenvalue weighted by atomic mass is 10.0. The van der Waals surface area contributed by atoms with E-state index in [0.29, 0.717) is 19.5 Å². The molecule has 0 aromatic carbocycles. The van der Waals surface area contributed by atoms with E-state index in [9.17, 15) is 9.59 Å². The van der Waals surface area contributed by atoms with Crippen LogP contribution in [0.5, 0.6) is 0 Å². The largest absolute Gasteiger partial charge is 0.465 e. The van der Waals surface area contributed by atoms with Gasteiger partial charge in [0, 0.05) is 25.2 Å². The van der Waals surface area contributed by atoms with Crippen LogP contribution in [-0.4, -0.2) is 47.6 Å². The van der Waals surface area contributed by atoms with Crippen molar-refractivity contribution in [2.45, 2.75) is 18.5 Å². The lowest BCUT2D eigenvalue weighted by Gasteiger charge is -2.29. The van der Waals surface area contributed by atoms with Gasteiger partial charge in [-0.05, 0) is 6.42 Å². The molecule has 1 aliphatic heterocycles. The van der Waals surface area contributed by atoms with E-state index in [1.165, 1.54) is 0 Å². The normalized spacial score (nSPS) is 26.6. The third-order valence-electron chi connectivity index (χ3n) is 2.01. The average molecular weight is 203 g/mol.